The Morgan fingerprint density at radius 2 is 2.05 bits per heavy atom. The number of benzene rings is 1. The molecule has 0 aliphatic heterocycles. The Bertz CT molecular complexity index is 449. The van der Waals surface area contributed by atoms with Crippen LogP contribution in [0.4, 0.5) is 0 Å². The minimum Gasteiger partial charge on any atom is -0.354 e. The van der Waals surface area contributed by atoms with Crippen LogP contribution in [0.1, 0.15) is 25.8 Å². The summed E-state index contributed by atoms with van der Waals surface area (Å²) in [6.07, 6.45) is 1.21. The molecule has 1 aromatic rings. The second kappa shape index (κ2) is 8.39. The van der Waals surface area contributed by atoms with Crippen LogP contribution in [0.2, 0.25) is 0 Å². The van der Waals surface area contributed by atoms with Crippen LogP contribution < -0.4 is 11.1 Å². The summed E-state index contributed by atoms with van der Waals surface area (Å²) in [5, 5.41) is 3.78. The van der Waals surface area contributed by atoms with E-state index in [1.807, 2.05) is 30.3 Å². The summed E-state index contributed by atoms with van der Waals surface area (Å²) in [4.78, 5) is 28.8. The number of carbonyl (C=O) groups is 2. The highest BCUT2D eigenvalue weighted by atomic mass is 16.7. The first-order chi connectivity index (χ1) is 10.0. The maximum atomic E-state index is 12.1. The first-order valence-corrected chi connectivity index (χ1v) is 6.92. The lowest BCUT2D eigenvalue weighted by atomic mass is 10.0. The summed E-state index contributed by atoms with van der Waals surface area (Å²) in [6.45, 7) is 4.46. The van der Waals surface area contributed by atoms with Crippen LogP contribution in [0.25, 0.3) is 0 Å². The van der Waals surface area contributed by atoms with Crippen molar-refractivity contribution in [2.24, 2.45) is 5.73 Å². The minimum atomic E-state index is -1.09. The van der Waals surface area contributed by atoms with Crippen LogP contribution in [0.3, 0.4) is 0 Å². The molecule has 0 bridgehead atoms. The fraction of sp³-hybridized carbons (Fsp3) is 0.467. The molecule has 0 spiro atoms. The molecule has 6 heteroatoms. The van der Waals surface area contributed by atoms with Gasteiger partial charge in [0.1, 0.15) is 12.1 Å². The molecule has 0 fully saturated rings. The largest absolute Gasteiger partial charge is 0.354 e. The van der Waals surface area contributed by atoms with Gasteiger partial charge in [0.05, 0.1) is 0 Å². The highest BCUT2D eigenvalue weighted by molar-refractivity contribution is 5.86. The van der Waals surface area contributed by atoms with Crippen molar-refractivity contribution in [1.29, 1.82) is 0 Å². The first-order valence-electron chi connectivity index (χ1n) is 6.92. The van der Waals surface area contributed by atoms with Crippen molar-refractivity contribution >= 4 is 12.3 Å². The van der Waals surface area contributed by atoms with Gasteiger partial charge in [-0.25, -0.2) is 5.06 Å². The Hall–Kier alpha value is -1.92. The molecule has 0 unspecified atom stereocenters. The zero-order chi connectivity index (χ0) is 15.7. The predicted molar refractivity (Wildman–Crippen MR) is 79.9 cm³/mol. The third-order valence-corrected chi connectivity index (χ3v) is 3.08. The summed E-state index contributed by atoms with van der Waals surface area (Å²) in [6, 6.07) is 9.44. The molecule has 1 rings (SSSR count). The first kappa shape index (κ1) is 17.1. The zero-order valence-electron chi connectivity index (χ0n) is 12.5. The van der Waals surface area contributed by atoms with Crippen LogP contribution in [0.15, 0.2) is 30.3 Å². The van der Waals surface area contributed by atoms with E-state index < -0.39 is 5.54 Å². The molecular weight excluding hydrogens is 270 g/mol. The molecule has 0 saturated carbocycles. The fourth-order valence-electron chi connectivity index (χ4n) is 1.66. The third-order valence-electron chi connectivity index (χ3n) is 3.08. The van der Waals surface area contributed by atoms with E-state index in [1.54, 1.807) is 13.8 Å². The Kier molecular flexibility index (Phi) is 6.84. The van der Waals surface area contributed by atoms with Gasteiger partial charge in [-0.15, -0.1) is 0 Å². The van der Waals surface area contributed by atoms with Crippen molar-refractivity contribution in [3.63, 3.8) is 0 Å². The number of carbonyl (C=O) groups excluding carboxylic acids is 2. The number of hydroxylamine groups is 2. The SMILES string of the molecule is CC(C)(C(=O)NCCCN)N(C=O)OCc1ccccc1. The smallest absolute Gasteiger partial charge is 0.247 e. The minimum absolute atomic E-state index is 0.221. The average Bonchev–Trinajstić information content (AvgIpc) is 2.48. The van der Waals surface area contributed by atoms with Crippen molar-refractivity contribution in [3.8, 4) is 0 Å². The van der Waals surface area contributed by atoms with Gasteiger partial charge in [0, 0.05) is 6.54 Å². The Balaban J connectivity index is 2.59. The molecule has 1 aromatic carbocycles. The van der Waals surface area contributed by atoms with E-state index in [1.165, 1.54) is 0 Å². The number of nitrogens with two attached hydrogens (primary N) is 1. The Labute approximate surface area is 125 Å². The summed E-state index contributed by atoms with van der Waals surface area (Å²) in [5.74, 6) is -0.281. The fourth-order valence-corrected chi connectivity index (χ4v) is 1.66. The molecule has 0 aromatic heterocycles. The van der Waals surface area contributed by atoms with E-state index in [4.69, 9.17) is 10.6 Å². The second-order valence-electron chi connectivity index (χ2n) is 5.15. The number of hydrogen-bond donors (Lipinski definition) is 2. The van der Waals surface area contributed by atoms with Gasteiger partial charge in [0.15, 0.2) is 0 Å². The zero-order valence-corrected chi connectivity index (χ0v) is 12.5. The highest BCUT2D eigenvalue weighted by Gasteiger charge is 2.35. The van der Waals surface area contributed by atoms with Gasteiger partial charge >= 0.3 is 0 Å². The quantitative estimate of drug-likeness (QED) is 0.401. The van der Waals surface area contributed by atoms with Gasteiger partial charge in [0.25, 0.3) is 0 Å². The molecule has 0 aliphatic rings. The monoisotopic (exact) mass is 293 g/mol. The van der Waals surface area contributed by atoms with Gasteiger partial charge in [-0.3, -0.25) is 14.4 Å². The summed E-state index contributed by atoms with van der Waals surface area (Å²) in [7, 11) is 0. The molecule has 0 radical (unpaired) electrons. The lowest BCUT2D eigenvalue weighted by molar-refractivity contribution is -0.211. The van der Waals surface area contributed by atoms with E-state index in [2.05, 4.69) is 5.32 Å². The molecule has 0 saturated heterocycles. The lowest BCUT2D eigenvalue weighted by Crippen LogP contribution is -2.54. The van der Waals surface area contributed by atoms with E-state index in [0.29, 0.717) is 25.9 Å². The third kappa shape index (κ3) is 5.17. The van der Waals surface area contributed by atoms with Gasteiger partial charge in [0.2, 0.25) is 12.3 Å². The van der Waals surface area contributed by atoms with Crippen molar-refractivity contribution in [2.45, 2.75) is 32.4 Å². The molecule has 0 aliphatic carbocycles. The van der Waals surface area contributed by atoms with Crippen LogP contribution >= 0.6 is 0 Å². The summed E-state index contributed by atoms with van der Waals surface area (Å²) < 4.78 is 0. The van der Waals surface area contributed by atoms with Gasteiger partial charge in [-0.2, -0.15) is 0 Å². The Morgan fingerprint density at radius 1 is 1.38 bits per heavy atom. The van der Waals surface area contributed by atoms with E-state index in [0.717, 1.165) is 10.6 Å². The molecule has 0 heterocycles. The topological polar surface area (TPSA) is 84.7 Å². The average molecular weight is 293 g/mol. The van der Waals surface area contributed by atoms with E-state index in [-0.39, 0.29) is 12.5 Å². The van der Waals surface area contributed by atoms with Crippen molar-refractivity contribution in [2.75, 3.05) is 13.1 Å². The van der Waals surface area contributed by atoms with Crippen LogP contribution in [-0.4, -0.2) is 36.0 Å². The standard InChI is InChI=1S/C15H23N3O3/c1-15(2,14(20)17-10-6-9-16)18(12-19)21-11-13-7-4-3-5-8-13/h3-5,7-8,12H,6,9-11,16H2,1-2H3,(H,17,20). The van der Waals surface area contributed by atoms with E-state index in [9.17, 15) is 9.59 Å². The molecule has 2 amide bonds. The molecule has 21 heavy (non-hydrogen) atoms. The van der Waals surface area contributed by atoms with E-state index >= 15 is 0 Å². The highest BCUT2D eigenvalue weighted by Crippen LogP contribution is 2.15. The molecule has 3 N–H and O–H groups in total. The normalized spacial score (nSPS) is 11.0. The molecule has 0 atom stereocenters. The van der Waals surface area contributed by atoms with Crippen LogP contribution in [-0.2, 0) is 21.0 Å². The lowest BCUT2D eigenvalue weighted by Gasteiger charge is -2.32. The van der Waals surface area contributed by atoms with Crippen molar-refractivity contribution in [3.05, 3.63) is 35.9 Å². The number of nitrogens with one attached hydrogen (secondary N) is 1. The molecule has 6 nitrogen and oxygen atoms in total. The van der Waals surface area contributed by atoms with Gasteiger partial charge < -0.3 is 11.1 Å². The Morgan fingerprint density at radius 3 is 2.62 bits per heavy atom. The molecular formula is C15H23N3O3. The maximum absolute atomic E-state index is 12.1. The number of amides is 2. The van der Waals surface area contributed by atoms with Gasteiger partial charge in [-0.05, 0) is 32.4 Å². The van der Waals surface area contributed by atoms with Crippen LogP contribution in [0, 0.1) is 0 Å². The second-order valence-corrected chi connectivity index (χ2v) is 5.15. The maximum Gasteiger partial charge on any atom is 0.247 e. The van der Waals surface area contributed by atoms with Crippen molar-refractivity contribution < 1.29 is 14.4 Å². The van der Waals surface area contributed by atoms with Crippen LogP contribution in [0.5, 0.6) is 0 Å². The molecule has 116 valence electrons. The summed E-state index contributed by atoms with van der Waals surface area (Å²) >= 11 is 0. The predicted octanol–water partition coefficient (Wildman–Crippen LogP) is 0.820. The van der Waals surface area contributed by atoms with Crippen molar-refractivity contribution in [1.82, 2.24) is 10.4 Å². The number of rotatable bonds is 9. The summed E-state index contributed by atoms with van der Waals surface area (Å²) in [5.41, 5.74) is 5.21. The number of nitrogens with zero attached hydrogens (tertiary/aromatic N) is 1. The van der Waals surface area contributed by atoms with Gasteiger partial charge in [-0.1, -0.05) is 30.3 Å². The number of hydrogen-bond acceptors (Lipinski definition) is 4.